The third-order valence-electron chi connectivity index (χ3n) is 2.09. The van der Waals surface area contributed by atoms with Crippen molar-refractivity contribution in [1.82, 2.24) is 10.3 Å². The Morgan fingerprint density at radius 3 is 2.88 bits per heavy atom. The monoisotopic (exact) mass is 251 g/mol. The van der Waals surface area contributed by atoms with Crippen molar-refractivity contribution >= 4 is 29.3 Å². The molecule has 0 aliphatic rings. The Morgan fingerprint density at radius 1 is 1.53 bits per heavy atom. The fourth-order valence-corrected chi connectivity index (χ4v) is 1.52. The molecule has 0 aliphatic carbocycles. The lowest BCUT2D eigenvalue weighted by Crippen LogP contribution is -2.02. The molecule has 0 radical (unpaired) electrons. The van der Waals surface area contributed by atoms with Gasteiger partial charge in [-0.25, -0.2) is 4.98 Å². The molecule has 0 aromatic carbocycles. The predicted octanol–water partition coefficient (Wildman–Crippen LogP) is 2.44. The summed E-state index contributed by atoms with van der Waals surface area (Å²) in [7, 11) is 1.80. The molecule has 0 aliphatic heterocycles. The van der Waals surface area contributed by atoms with Crippen LogP contribution in [0.1, 0.15) is 12.5 Å². The fraction of sp³-hybridized carbons (Fsp3) is 0.167. The van der Waals surface area contributed by atoms with Crippen LogP contribution in [0.5, 0.6) is 0 Å². The van der Waals surface area contributed by atoms with Crippen molar-refractivity contribution in [3.05, 3.63) is 41.3 Å². The zero-order valence-electron chi connectivity index (χ0n) is 9.70. The second-order valence-corrected chi connectivity index (χ2v) is 3.55. The molecule has 0 atom stereocenters. The number of amides is 1. The van der Waals surface area contributed by atoms with E-state index in [2.05, 4.69) is 15.6 Å². The van der Waals surface area contributed by atoms with Crippen molar-refractivity contribution < 1.29 is 4.79 Å². The van der Waals surface area contributed by atoms with E-state index >= 15 is 0 Å². The van der Waals surface area contributed by atoms with E-state index in [-0.39, 0.29) is 0 Å². The van der Waals surface area contributed by atoms with Gasteiger partial charge in [-0.3, -0.25) is 4.79 Å². The van der Waals surface area contributed by atoms with Crippen LogP contribution in [0.25, 0.3) is 5.57 Å². The van der Waals surface area contributed by atoms with Gasteiger partial charge in [-0.05, 0) is 13.0 Å². The summed E-state index contributed by atoms with van der Waals surface area (Å²) in [5.74, 6) is 0. The van der Waals surface area contributed by atoms with Crippen LogP contribution in [0.3, 0.4) is 0 Å². The average Bonchev–Trinajstić information content (AvgIpc) is 2.35. The minimum Gasteiger partial charge on any atom is -0.387 e. The van der Waals surface area contributed by atoms with Gasteiger partial charge in [-0.15, -0.1) is 0 Å². The van der Waals surface area contributed by atoms with Crippen molar-refractivity contribution in [2.24, 2.45) is 0 Å². The molecule has 1 heterocycles. The molecule has 17 heavy (non-hydrogen) atoms. The van der Waals surface area contributed by atoms with E-state index < -0.39 is 0 Å². The molecule has 0 bridgehead atoms. The summed E-state index contributed by atoms with van der Waals surface area (Å²) >= 11 is 6.03. The normalized spacial score (nSPS) is 11.6. The molecule has 90 valence electrons. The zero-order valence-corrected chi connectivity index (χ0v) is 10.5. The molecule has 0 saturated carbocycles. The zero-order chi connectivity index (χ0) is 12.7. The lowest BCUT2D eigenvalue weighted by Gasteiger charge is -2.07. The second-order valence-electron chi connectivity index (χ2n) is 3.20. The molecule has 1 amide bonds. The number of pyridine rings is 1. The Balaban J connectivity index is 3.21. The number of nitrogens with one attached hydrogen (secondary N) is 2. The van der Waals surface area contributed by atoms with Gasteiger partial charge in [0.15, 0.2) is 0 Å². The fourth-order valence-electron chi connectivity index (χ4n) is 1.31. The molecule has 0 fully saturated rings. The smallest absolute Gasteiger partial charge is 0.211 e. The number of aromatic nitrogens is 1. The van der Waals surface area contributed by atoms with Crippen LogP contribution in [0.4, 0.5) is 5.69 Å². The maximum atomic E-state index is 10.3. The highest BCUT2D eigenvalue weighted by Crippen LogP contribution is 2.25. The predicted molar refractivity (Wildman–Crippen MR) is 70.8 cm³/mol. The number of carbonyl (C=O) groups excluding carboxylic acids is 1. The van der Waals surface area contributed by atoms with Crippen LogP contribution in [-0.4, -0.2) is 18.4 Å². The van der Waals surface area contributed by atoms with E-state index in [4.69, 9.17) is 11.6 Å². The molecule has 0 saturated heterocycles. The molecule has 1 aromatic rings. The van der Waals surface area contributed by atoms with Crippen molar-refractivity contribution in [3.63, 3.8) is 0 Å². The summed E-state index contributed by atoms with van der Waals surface area (Å²) in [5, 5.41) is 5.87. The molecule has 2 N–H and O–H groups in total. The lowest BCUT2D eigenvalue weighted by molar-refractivity contribution is -0.108. The van der Waals surface area contributed by atoms with Crippen LogP contribution in [0.2, 0.25) is 5.15 Å². The number of hydrogen-bond acceptors (Lipinski definition) is 3. The Kier molecular flexibility index (Phi) is 5.23. The second kappa shape index (κ2) is 6.70. The SMILES string of the molecule is C/C=C\C(=C/NC=O)c1cc(NC)cnc1Cl. The number of hydrogen-bond donors (Lipinski definition) is 2. The first-order valence-electron chi connectivity index (χ1n) is 5.09. The Labute approximate surface area is 105 Å². The highest BCUT2D eigenvalue weighted by Gasteiger charge is 2.06. The maximum absolute atomic E-state index is 10.3. The third-order valence-corrected chi connectivity index (χ3v) is 2.39. The quantitative estimate of drug-likeness (QED) is 0.480. The summed E-state index contributed by atoms with van der Waals surface area (Å²) in [5.41, 5.74) is 2.39. The van der Waals surface area contributed by atoms with Gasteiger partial charge in [0.05, 0.1) is 11.9 Å². The summed E-state index contributed by atoms with van der Waals surface area (Å²) in [6.07, 6.45) is 7.54. The molecule has 5 heteroatoms. The van der Waals surface area contributed by atoms with Crippen molar-refractivity contribution in [1.29, 1.82) is 0 Å². The Morgan fingerprint density at radius 2 is 2.29 bits per heavy atom. The number of carbonyl (C=O) groups is 1. The van der Waals surface area contributed by atoms with Gasteiger partial charge in [0.2, 0.25) is 6.41 Å². The highest BCUT2D eigenvalue weighted by molar-refractivity contribution is 6.31. The van der Waals surface area contributed by atoms with Crippen LogP contribution < -0.4 is 10.6 Å². The van der Waals surface area contributed by atoms with E-state index in [1.165, 1.54) is 0 Å². The summed E-state index contributed by atoms with van der Waals surface area (Å²) < 4.78 is 0. The Hall–Kier alpha value is -1.81. The first-order valence-corrected chi connectivity index (χ1v) is 5.47. The summed E-state index contributed by atoms with van der Waals surface area (Å²) in [6.45, 7) is 1.89. The van der Waals surface area contributed by atoms with Crippen LogP contribution in [-0.2, 0) is 4.79 Å². The maximum Gasteiger partial charge on any atom is 0.211 e. The number of allylic oxidation sites excluding steroid dienone is 3. The standard InChI is InChI=1S/C12H14ClN3O/c1-3-4-9(6-15-8-17)11-5-10(14-2)7-16-12(11)13/h3-8,14H,1-2H3,(H,15,17)/b4-3-,9-6+. The molecular formula is C12H14ClN3O. The molecule has 1 rings (SSSR count). The van der Waals surface area contributed by atoms with Gasteiger partial charge in [0, 0.05) is 24.4 Å². The van der Waals surface area contributed by atoms with Gasteiger partial charge >= 0.3 is 0 Å². The van der Waals surface area contributed by atoms with Crippen molar-refractivity contribution in [2.75, 3.05) is 12.4 Å². The minimum atomic E-state index is 0.390. The van der Waals surface area contributed by atoms with E-state index in [9.17, 15) is 4.79 Å². The molecule has 0 unspecified atom stereocenters. The van der Waals surface area contributed by atoms with Gasteiger partial charge in [0.1, 0.15) is 5.15 Å². The summed E-state index contributed by atoms with van der Waals surface area (Å²) in [4.78, 5) is 14.4. The highest BCUT2D eigenvalue weighted by atomic mass is 35.5. The van der Waals surface area contributed by atoms with Crippen molar-refractivity contribution in [2.45, 2.75) is 6.92 Å². The van der Waals surface area contributed by atoms with Gasteiger partial charge in [-0.1, -0.05) is 23.8 Å². The topological polar surface area (TPSA) is 54.0 Å². The van der Waals surface area contributed by atoms with E-state index in [0.717, 1.165) is 16.8 Å². The number of halogens is 1. The van der Waals surface area contributed by atoms with Gasteiger partial charge < -0.3 is 10.6 Å². The van der Waals surface area contributed by atoms with E-state index in [1.807, 2.05) is 25.1 Å². The summed E-state index contributed by atoms with van der Waals surface area (Å²) in [6, 6.07) is 1.87. The first-order chi connectivity index (χ1) is 8.22. The van der Waals surface area contributed by atoms with Crippen LogP contribution in [0, 0.1) is 0 Å². The molecule has 1 aromatic heterocycles. The third kappa shape index (κ3) is 3.60. The van der Waals surface area contributed by atoms with E-state index in [0.29, 0.717) is 11.6 Å². The lowest BCUT2D eigenvalue weighted by atomic mass is 10.1. The number of rotatable bonds is 5. The molecular weight excluding hydrogens is 238 g/mol. The molecule has 4 nitrogen and oxygen atoms in total. The van der Waals surface area contributed by atoms with Crippen LogP contribution >= 0.6 is 11.6 Å². The van der Waals surface area contributed by atoms with Gasteiger partial charge in [0.25, 0.3) is 0 Å². The minimum absolute atomic E-state index is 0.390. The molecule has 0 spiro atoms. The Bertz CT molecular complexity index is 455. The first kappa shape index (κ1) is 13.3. The van der Waals surface area contributed by atoms with Crippen molar-refractivity contribution in [3.8, 4) is 0 Å². The van der Waals surface area contributed by atoms with Crippen LogP contribution in [0.15, 0.2) is 30.6 Å². The largest absolute Gasteiger partial charge is 0.387 e. The number of nitrogens with zero attached hydrogens (tertiary/aromatic N) is 1. The number of anilines is 1. The van der Waals surface area contributed by atoms with Gasteiger partial charge in [-0.2, -0.15) is 0 Å². The van der Waals surface area contributed by atoms with E-state index in [1.54, 1.807) is 19.4 Å². The average molecular weight is 252 g/mol.